The van der Waals surface area contributed by atoms with Crippen LogP contribution in [0.3, 0.4) is 0 Å². The molecule has 2 aliphatic heterocycles. The van der Waals surface area contributed by atoms with Crippen LogP contribution < -0.4 is 19.5 Å². The molecule has 1 saturated heterocycles. The Morgan fingerprint density at radius 2 is 1.96 bits per heavy atom. The van der Waals surface area contributed by atoms with Crippen molar-refractivity contribution in [2.45, 2.75) is 23.8 Å². The van der Waals surface area contributed by atoms with E-state index in [0.717, 1.165) is 12.8 Å². The van der Waals surface area contributed by atoms with E-state index >= 15 is 0 Å². The van der Waals surface area contributed by atoms with Gasteiger partial charge < -0.3 is 19.5 Å². The summed E-state index contributed by atoms with van der Waals surface area (Å²) in [6.45, 7) is 1.02. The van der Waals surface area contributed by atoms with Gasteiger partial charge in [0.25, 0.3) is 5.91 Å². The van der Waals surface area contributed by atoms with Crippen LogP contribution in [0.2, 0.25) is 0 Å². The molecule has 28 heavy (non-hydrogen) atoms. The molecule has 1 fully saturated rings. The number of amides is 1. The van der Waals surface area contributed by atoms with E-state index in [1.54, 1.807) is 24.3 Å². The Balaban J connectivity index is 1.45. The Hall–Kier alpha value is -2.62. The molecule has 8 nitrogen and oxygen atoms in total. The van der Waals surface area contributed by atoms with Gasteiger partial charge in [0.05, 0.1) is 11.0 Å². The Kier molecular flexibility index (Phi) is 5.21. The van der Waals surface area contributed by atoms with Crippen molar-refractivity contribution in [3.8, 4) is 11.5 Å². The molecule has 2 aromatic carbocycles. The topological polar surface area (TPSA) is 103 Å². The third-order valence-electron chi connectivity index (χ3n) is 4.56. The highest BCUT2D eigenvalue weighted by Gasteiger charge is 2.21. The molecule has 0 saturated carbocycles. The van der Waals surface area contributed by atoms with Crippen LogP contribution in [0.15, 0.2) is 47.4 Å². The zero-order valence-corrected chi connectivity index (χ0v) is 15.8. The van der Waals surface area contributed by atoms with Gasteiger partial charge in [0.15, 0.2) is 11.5 Å². The highest BCUT2D eigenvalue weighted by atomic mass is 32.2. The summed E-state index contributed by atoms with van der Waals surface area (Å²) in [7, 11) is -3.73. The van der Waals surface area contributed by atoms with Crippen molar-refractivity contribution < 1.29 is 27.4 Å². The fourth-order valence-electron chi connectivity index (χ4n) is 3.07. The van der Waals surface area contributed by atoms with Gasteiger partial charge in [0.1, 0.15) is 0 Å². The maximum Gasteiger partial charge on any atom is 0.255 e. The van der Waals surface area contributed by atoms with Gasteiger partial charge in [-0.2, -0.15) is 0 Å². The molecular weight excluding hydrogens is 384 g/mol. The Morgan fingerprint density at radius 3 is 2.79 bits per heavy atom. The van der Waals surface area contributed by atoms with E-state index in [-0.39, 0.29) is 29.9 Å². The SMILES string of the molecule is O=C(Nc1ccc2c(c1)OCO2)c1cccc(S(=O)(=O)NC[C@@H]2CCCO2)c1. The van der Waals surface area contributed by atoms with Gasteiger partial charge in [-0.1, -0.05) is 6.07 Å². The van der Waals surface area contributed by atoms with E-state index in [0.29, 0.717) is 23.8 Å². The molecule has 0 aliphatic carbocycles. The van der Waals surface area contributed by atoms with Gasteiger partial charge in [-0.25, -0.2) is 13.1 Å². The van der Waals surface area contributed by atoms with Gasteiger partial charge in [0, 0.05) is 30.5 Å². The number of hydrogen-bond donors (Lipinski definition) is 2. The fourth-order valence-corrected chi connectivity index (χ4v) is 4.19. The molecule has 1 atom stereocenters. The predicted molar refractivity (Wildman–Crippen MR) is 101 cm³/mol. The minimum atomic E-state index is -3.73. The molecule has 2 heterocycles. The van der Waals surface area contributed by atoms with Crippen LogP contribution in [0.5, 0.6) is 11.5 Å². The lowest BCUT2D eigenvalue weighted by Gasteiger charge is -2.12. The molecule has 148 valence electrons. The van der Waals surface area contributed by atoms with Gasteiger partial charge >= 0.3 is 0 Å². The maximum absolute atomic E-state index is 12.5. The van der Waals surface area contributed by atoms with Crippen LogP contribution in [-0.4, -0.2) is 40.4 Å². The average molecular weight is 404 g/mol. The number of nitrogens with one attached hydrogen (secondary N) is 2. The summed E-state index contributed by atoms with van der Waals surface area (Å²) in [6, 6.07) is 10.9. The minimum absolute atomic E-state index is 0.0313. The molecule has 9 heteroatoms. The summed E-state index contributed by atoms with van der Waals surface area (Å²) in [5.41, 5.74) is 0.761. The second kappa shape index (κ2) is 7.78. The Bertz CT molecular complexity index is 986. The first-order valence-electron chi connectivity index (χ1n) is 8.94. The van der Waals surface area contributed by atoms with Crippen LogP contribution in [0, 0.1) is 0 Å². The lowest BCUT2D eigenvalue weighted by Crippen LogP contribution is -2.32. The van der Waals surface area contributed by atoms with E-state index in [2.05, 4.69) is 10.0 Å². The molecule has 2 aliphatic rings. The number of benzene rings is 2. The second-order valence-corrected chi connectivity index (χ2v) is 8.30. The number of carbonyl (C=O) groups excluding carboxylic acids is 1. The summed E-state index contributed by atoms with van der Waals surface area (Å²) in [5.74, 6) is 0.742. The van der Waals surface area contributed by atoms with Crippen molar-refractivity contribution in [1.82, 2.24) is 4.72 Å². The molecule has 0 bridgehead atoms. The van der Waals surface area contributed by atoms with Crippen molar-refractivity contribution >= 4 is 21.6 Å². The molecule has 1 amide bonds. The zero-order valence-electron chi connectivity index (χ0n) is 15.0. The number of sulfonamides is 1. The molecular formula is C19H20N2O6S. The first-order chi connectivity index (χ1) is 13.5. The van der Waals surface area contributed by atoms with Crippen molar-refractivity contribution in [3.05, 3.63) is 48.0 Å². The summed E-state index contributed by atoms with van der Waals surface area (Å²) < 4.78 is 43.5. The van der Waals surface area contributed by atoms with Crippen molar-refractivity contribution in [1.29, 1.82) is 0 Å². The molecule has 0 unspecified atom stereocenters. The van der Waals surface area contributed by atoms with Gasteiger partial charge in [-0.05, 0) is 43.2 Å². The molecule has 2 aromatic rings. The summed E-state index contributed by atoms with van der Waals surface area (Å²) in [5, 5.41) is 2.73. The number of carbonyl (C=O) groups is 1. The average Bonchev–Trinajstić information content (AvgIpc) is 3.38. The van der Waals surface area contributed by atoms with Gasteiger partial charge in [-0.15, -0.1) is 0 Å². The molecule has 0 radical (unpaired) electrons. The maximum atomic E-state index is 12.5. The summed E-state index contributed by atoms with van der Waals surface area (Å²) in [6.07, 6.45) is 1.66. The summed E-state index contributed by atoms with van der Waals surface area (Å²) >= 11 is 0. The molecule has 0 spiro atoms. The van der Waals surface area contributed by atoms with Crippen LogP contribution in [0.25, 0.3) is 0 Å². The highest BCUT2D eigenvalue weighted by Crippen LogP contribution is 2.34. The van der Waals surface area contributed by atoms with Crippen LogP contribution in [0.1, 0.15) is 23.2 Å². The minimum Gasteiger partial charge on any atom is -0.454 e. The van der Waals surface area contributed by atoms with Gasteiger partial charge in [0.2, 0.25) is 16.8 Å². The second-order valence-electron chi connectivity index (χ2n) is 6.54. The third-order valence-corrected chi connectivity index (χ3v) is 5.98. The number of fused-ring (bicyclic) bond motifs is 1. The predicted octanol–water partition coefficient (Wildman–Crippen LogP) is 2.12. The highest BCUT2D eigenvalue weighted by molar-refractivity contribution is 7.89. The number of ether oxygens (including phenoxy) is 3. The van der Waals surface area contributed by atoms with E-state index in [4.69, 9.17) is 14.2 Å². The third kappa shape index (κ3) is 4.11. The van der Waals surface area contributed by atoms with Crippen molar-refractivity contribution in [2.75, 3.05) is 25.3 Å². The Morgan fingerprint density at radius 1 is 1.11 bits per heavy atom. The van der Waals surface area contributed by atoms with Crippen LogP contribution in [0.4, 0.5) is 5.69 Å². The zero-order chi connectivity index (χ0) is 19.6. The smallest absolute Gasteiger partial charge is 0.255 e. The fraction of sp³-hybridized carbons (Fsp3) is 0.316. The number of anilines is 1. The summed E-state index contributed by atoms with van der Waals surface area (Å²) in [4.78, 5) is 12.6. The van der Waals surface area contributed by atoms with Gasteiger partial charge in [-0.3, -0.25) is 4.79 Å². The molecule has 2 N–H and O–H groups in total. The van der Waals surface area contributed by atoms with Crippen LogP contribution >= 0.6 is 0 Å². The quantitative estimate of drug-likeness (QED) is 0.765. The van der Waals surface area contributed by atoms with E-state index in [9.17, 15) is 13.2 Å². The Labute approximate surface area is 162 Å². The standard InChI is InChI=1S/C19H20N2O6S/c22-19(21-14-6-7-17-18(10-14)27-12-26-17)13-3-1-5-16(9-13)28(23,24)20-11-15-4-2-8-25-15/h1,3,5-7,9-10,15,20H,2,4,8,11-12H2,(H,21,22)/t15-/m0/s1. The molecule has 4 rings (SSSR count). The van der Waals surface area contributed by atoms with E-state index in [1.807, 2.05) is 0 Å². The first-order valence-corrected chi connectivity index (χ1v) is 10.4. The monoisotopic (exact) mass is 404 g/mol. The molecule has 0 aromatic heterocycles. The number of hydrogen-bond acceptors (Lipinski definition) is 6. The lowest BCUT2D eigenvalue weighted by molar-refractivity contribution is 0.102. The number of rotatable bonds is 6. The van der Waals surface area contributed by atoms with Crippen molar-refractivity contribution in [2.24, 2.45) is 0 Å². The lowest BCUT2D eigenvalue weighted by atomic mass is 10.2. The van der Waals surface area contributed by atoms with Crippen LogP contribution in [-0.2, 0) is 14.8 Å². The van der Waals surface area contributed by atoms with E-state index in [1.165, 1.54) is 18.2 Å². The first kappa shape index (κ1) is 18.7. The van der Waals surface area contributed by atoms with E-state index < -0.39 is 15.9 Å². The largest absolute Gasteiger partial charge is 0.454 e. The normalized spacial score (nSPS) is 18.2. The van der Waals surface area contributed by atoms with Crippen molar-refractivity contribution in [3.63, 3.8) is 0 Å².